The molecule has 0 bridgehead atoms. The summed E-state index contributed by atoms with van der Waals surface area (Å²) in [6.45, 7) is 4.68. The van der Waals surface area contributed by atoms with Gasteiger partial charge >= 0.3 is 6.03 Å². The standard InChI is InChI=1S/C19H20N4O3/c1-11-3-4-13-10-14(12(2)20-15(13)9-11)16(24)23-7-5-19(6-8-23)17(25)21-18(26)22-19/h3-4,9-10H,5-8H2,1-2H3,(H2,21,22,25,26). The van der Waals surface area contributed by atoms with Gasteiger partial charge in [0, 0.05) is 18.5 Å². The average molecular weight is 352 g/mol. The van der Waals surface area contributed by atoms with Gasteiger partial charge in [0.05, 0.1) is 16.8 Å². The largest absolute Gasteiger partial charge is 0.338 e. The molecule has 7 nitrogen and oxygen atoms in total. The van der Waals surface area contributed by atoms with E-state index in [1.165, 1.54) is 0 Å². The van der Waals surface area contributed by atoms with Crippen molar-refractivity contribution < 1.29 is 14.4 Å². The van der Waals surface area contributed by atoms with Crippen molar-refractivity contribution in [3.8, 4) is 0 Å². The van der Waals surface area contributed by atoms with Crippen LogP contribution in [0.1, 0.15) is 34.5 Å². The maximum absolute atomic E-state index is 13.0. The van der Waals surface area contributed by atoms with Crippen LogP contribution in [0.4, 0.5) is 4.79 Å². The second-order valence-corrected chi connectivity index (χ2v) is 7.10. The number of imide groups is 1. The summed E-state index contributed by atoms with van der Waals surface area (Å²) in [5.74, 6) is -0.384. The lowest BCUT2D eigenvalue weighted by Crippen LogP contribution is -2.55. The topological polar surface area (TPSA) is 91.4 Å². The molecule has 4 rings (SSSR count). The van der Waals surface area contributed by atoms with E-state index in [0.29, 0.717) is 37.2 Å². The molecule has 1 spiro atoms. The fourth-order valence-corrected chi connectivity index (χ4v) is 3.73. The van der Waals surface area contributed by atoms with Crippen molar-refractivity contribution in [1.82, 2.24) is 20.5 Å². The fraction of sp³-hybridized carbons (Fsp3) is 0.368. The van der Waals surface area contributed by atoms with Crippen LogP contribution in [0.15, 0.2) is 24.3 Å². The van der Waals surface area contributed by atoms with Gasteiger partial charge in [-0.1, -0.05) is 12.1 Å². The molecule has 2 N–H and O–H groups in total. The molecule has 2 fully saturated rings. The first kappa shape index (κ1) is 16.5. The minimum atomic E-state index is -0.873. The molecule has 4 amide bonds. The molecule has 0 aliphatic carbocycles. The van der Waals surface area contributed by atoms with Gasteiger partial charge in [0.25, 0.3) is 11.8 Å². The first-order valence-corrected chi connectivity index (χ1v) is 8.69. The molecule has 0 atom stereocenters. The van der Waals surface area contributed by atoms with Gasteiger partial charge in [-0.05, 0) is 44.4 Å². The van der Waals surface area contributed by atoms with Crippen LogP contribution < -0.4 is 10.6 Å². The summed E-state index contributed by atoms with van der Waals surface area (Å²) in [7, 11) is 0. The van der Waals surface area contributed by atoms with Gasteiger partial charge in [0.2, 0.25) is 0 Å². The molecular weight excluding hydrogens is 332 g/mol. The number of fused-ring (bicyclic) bond motifs is 1. The maximum Gasteiger partial charge on any atom is 0.322 e. The third kappa shape index (κ3) is 2.60. The first-order chi connectivity index (χ1) is 12.4. The highest BCUT2D eigenvalue weighted by Gasteiger charge is 2.48. The van der Waals surface area contributed by atoms with E-state index in [2.05, 4.69) is 15.6 Å². The minimum absolute atomic E-state index is 0.0861. The average Bonchev–Trinajstić information content (AvgIpc) is 2.87. The normalized spacial score (nSPS) is 18.9. The van der Waals surface area contributed by atoms with Crippen molar-refractivity contribution in [3.05, 3.63) is 41.1 Å². The highest BCUT2D eigenvalue weighted by Crippen LogP contribution is 2.27. The summed E-state index contributed by atoms with van der Waals surface area (Å²) in [4.78, 5) is 42.7. The van der Waals surface area contributed by atoms with Gasteiger partial charge in [0.15, 0.2) is 0 Å². The molecule has 3 heterocycles. The Kier molecular flexibility index (Phi) is 3.68. The van der Waals surface area contributed by atoms with E-state index in [0.717, 1.165) is 16.5 Å². The SMILES string of the molecule is Cc1ccc2cc(C(=O)N3CCC4(CC3)NC(=O)NC4=O)c(C)nc2c1. The number of urea groups is 1. The molecule has 26 heavy (non-hydrogen) atoms. The lowest BCUT2D eigenvalue weighted by molar-refractivity contribution is -0.125. The predicted molar refractivity (Wildman–Crippen MR) is 95.8 cm³/mol. The van der Waals surface area contributed by atoms with Gasteiger partial charge in [-0.15, -0.1) is 0 Å². The molecule has 7 heteroatoms. The van der Waals surface area contributed by atoms with Crippen molar-refractivity contribution in [2.24, 2.45) is 0 Å². The Morgan fingerprint density at radius 1 is 1.15 bits per heavy atom. The second kappa shape index (κ2) is 5.79. The van der Waals surface area contributed by atoms with Gasteiger partial charge in [-0.2, -0.15) is 0 Å². The summed E-state index contributed by atoms with van der Waals surface area (Å²) >= 11 is 0. The smallest absolute Gasteiger partial charge is 0.322 e. The highest BCUT2D eigenvalue weighted by molar-refractivity contribution is 6.07. The number of hydrogen-bond donors (Lipinski definition) is 2. The van der Waals surface area contributed by atoms with E-state index < -0.39 is 11.6 Å². The zero-order valence-electron chi connectivity index (χ0n) is 14.8. The number of benzene rings is 1. The van der Waals surface area contributed by atoms with Gasteiger partial charge < -0.3 is 10.2 Å². The molecule has 1 aromatic heterocycles. The number of aromatic nitrogens is 1. The van der Waals surface area contributed by atoms with Crippen molar-refractivity contribution in [1.29, 1.82) is 0 Å². The molecule has 2 saturated heterocycles. The Hall–Kier alpha value is -2.96. The molecule has 0 saturated carbocycles. The maximum atomic E-state index is 13.0. The molecule has 2 aliphatic rings. The fourth-order valence-electron chi connectivity index (χ4n) is 3.73. The zero-order chi connectivity index (χ0) is 18.5. The van der Waals surface area contributed by atoms with Gasteiger partial charge in [0.1, 0.15) is 5.54 Å². The van der Waals surface area contributed by atoms with Crippen LogP contribution in [-0.2, 0) is 4.79 Å². The van der Waals surface area contributed by atoms with Crippen molar-refractivity contribution in [2.75, 3.05) is 13.1 Å². The number of likely N-dealkylation sites (tertiary alicyclic amines) is 1. The number of rotatable bonds is 1. The third-order valence-corrected chi connectivity index (χ3v) is 5.31. The number of carbonyl (C=O) groups excluding carboxylic acids is 3. The van der Waals surface area contributed by atoms with Crippen LogP contribution in [0.3, 0.4) is 0 Å². The van der Waals surface area contributed by atoms with E-state index in [-0.39, 0.29) is 11.8 Å². The molecule has 0 radical (unpaired) electrons. The molecule has 0 unspecified atom stereocenters. The lowest BCUT2D eigenvalue weighted by Gasteiger charge is -2.37. The van der Waals surface area contributed by atoms with Crippen molar-refractivity contribution in [3.63, 3.8) is 0 Å². The molecular formula is C19H20N4O3. The Morgan fingerprint density at radius 3 is 2.54 bits per heavy atom. The summed E-state index contributed by atoms with van der Waals surface area (Å²) in [5.41, 5.74) is 2.41. The third-order valence-electron chi connectivity index (χ3n) is 5.31. The van der Waals surface area contributed by atoms with Crippen LogP contribution >= 0.6 is 0 Å². The Bertz CT molecular complexity index is 945. The number of pyridine rings is 1. The zero-order valence-corrected chi connectivity index (χ0v) is 14.8. The van der Waals surface area contributed by atoms with Crippen LogP contribution in [0, 0.1) is 13.8 Å². The quantitative estimate of drug-likeness (QED) is 0.764. The summed E-state index contributed by atoms with van der Waals surface area (Å²) in [6, 6.07) is 7.40. The van der Waals surface area contributed by atoms with E-state index >= 15 is 0 Å². The number of aryl methyl sites for hydroxylation is 2. The van der Waals surface area contributed by atoms with E-state index in [1.54, 1.807) is 4.90 Å². The monoisotopic (exact) mass is 352 g/mol. The Labute approximate surface area is 150 Å². The van der Waals surface area contributed by atoms with Crippen LogP contribution in [0.2, 0.25) is 0 Å². The van der Waals surface area contributed by atoms with Gasteiger partial charge in [-0.3, -0.25) is 19.9 Å². The van der Waals surface area contributed by atoms with E-state index in [9.17, 15) is 14.4 Å². The number of amides is 4. The van der Waals surface area contributed by atoms with Crippen LogP contribution in [-0.4, -0.2) is 46.4 Å². The molecule has 134 valence electrons. The van der Waals surface area contributed by atoms with E-state index in [1.807, 2.05) is 38.1 Å². The van der Waals surface area contributed by atoms with E-state index in [4.69, 9.17) is 0 Å². The number of nitrogens with one attached hydrogen (secondary N) is 2. The molecule has 2 aliphatic heterocycles. The predicted octanol–water partition coefficient (Wildman–Crippen LogP) is 1.67. The lowest BCUT2D eigenvalue weighted by atomic mass is 9.87. The molecule has 1 aromatic carbocycles. The summed E-state index contributed by atoms with van der Waals surface area (Å²) in [6.07, 6.45) is 0.825. The Balaban J connectivity index is 1.56. The number of hydrogen-bond acceptors (Lipinski definition) is 4. The number of piperidine rings is 1. The number of carbonyl (C=O) groups is 3. The highest BCUT2D eigenvalue weighted by atomic mass is 16.2. The summed E-state index contributed by atoms with van der Waals surface area (Å²) in [5, 5.41) is 5.92. The Morgan fingerprint density at radius 2 is 1.88 bits per heavy atom. The number of nitrogens with zero attached hydrogens (tertiary/aromatic N) is 2. The van der Waals surface area contributed by atoms with Crippen molar-refractivity contribution in [2.45, 2.75) is 32.2 Å². The molecule has 2 aromatic rings. The van der Waals surface area contributed by atoms with Crippen molar-refractivity contribution >= 4 is 28.7 Å². The van der Waals surface area contributed by atoms with Gasteiger partial charge in [-0.25, -0.2) is 4.79 Å². The minimum Gasteiger partial charge on any atom is -0.338 e. The second-order valence-electron chi connectivity index (χ2n) is 7.10. The first-order valence-electron chi connectivity index (χ1n) is 8.69. The summed E-state index contributed by atoms with van der Waals surface area (Å²) < 4.78 is 0. The van der Waals surface area contributed by atoms with Crippen LogP contribution in [0.25, 0.3) is 10.9 Å². The van der Waals surface area contributed by atoms with Crippen LogP contribution in [0.5, 0.6) is 0 Å².